The maximum absolute atomic E-state index is 12.2. The second kappa shape index (κ2) is 8.27. The molecule has 2 rings (SSSR count). The van der Waals surface area contributed by atoms with Gasteiger partial charge < -0.3 is 10.1 Å². The van der Waals surface area contributed by atoms with E-state index < -0.39 is 30.3 Å². The first-order valence-electron chi connectivity index (χ1n) is 8.18. The van der Waals surface area contributed by atoms with Crippen molar-refractivity contribution in [3.8, 4) is 5.75 Å². The van der Waals surface area contributed by atoms with E-state index in [1.165, 1.54) is 0 Å². The average molecular weight is 347 g/mol. The Morgan fingerprint density at radius 1 is 1.04 bits per heavy atom. The molecule has 25 heavy (non-hydrogen) atoms. The topological polar surface area (TPSA) is 96.0 Å². The number of benzene rings is 1. The lowest BCUT2D eigenvalue weighted by molar-refractivity contribution is -0.143. The Kier molecular flexibility index (Phi) is 6.10. The molecule has 0 aromatic heterocycles. The quantitative estimate of drug-likeness (QED) is 0.569. The molecule has 1 heterocycles. The van der Waals surface area contributed by atoms with Gasteiger partial charge in [0.05, 0.1) is 6.61 Å². The molecule has 1 aliphatic rings. The number of ether oxygens (including phenoxy) is 1. The highest BCUT2D eigenvalue weighted by Crippen LogP contribution is 2.17. The standard InChI is InChI=1S/C17H21N3O5/c1-3-5-10-19-15(22)16(23)20(17(19)24)11-14(21)18-12-6-8-13(9-7-12)25-4-2/h6-9H,3-5,10-11H2,1-2H3,(H,18,21). The van der Waals surface area contributed by atoms with E-state index in [-0.39, 0.29) is 6.54 Å². The van der Waals surface area contributed by atoms with E-state index in [9.17, 15) is 19.2 Å². The first-order chi connectivity index (χ1) is 12.0. The van der Waals surface area contributed by atoms with Gasteiger partial charge in [0, 0.05) is 12.2 Å². The fraction of sp³-hybridized carbons (Fsp3) is 0.412. The first kappa shape index (κ1) is 18.4. The van der Waals surface area contributed by atoms with Crippen molar-refractivity contribution in [2.75, 3.05) is 25.0 Å². The van der Waals surface area contributed by atoms with Crippen molar-refractivity contribution in [2.24, 2.45) is 0 Å². The van der Waals surface area contributed by atoms with Crippen LogP contribution in [0.2, 0.25) is 0 Å². The van der Waals surface area contributed by atoms with Gasteiger partial charge in [0.25, 0.3) is 0 Å². The number of rotatable bonds is 8. The van der Waals surface area contributed by atoms with Gasteiger partial charge in [0.2, 0.25) is 5.91 Å². The lowest BCUT2D eigenvalue weighted by Gasteiger charge is -2.15. The fourth-order valence-corrected chi connectivity index (χ4v) is 2.35. The maximum Gasteiger partial charge on any atom is 0.334 e. The van der Waals surface area contributed by atoms with Crippen LogP contribution >= 0.6 is 0 Å². The number of carbonyl (C=O) groups is 4. The van der Waals surface area contributed by atoms with E-state index >= 15 is 0 Å². The van der Waals surface area contributed by atoms with Crippen LogP contribution in [0, 0.1) is 0 Å². The molecule has 0 aliphatic carbocycles. The summed E-state index contributed by atoms with van der Waals surface area (Å²) in [6, 6.07) is 5.94. The zero-order valence-electron chi connectivity index (χ0n) is 14.3. The smallest absolute Gasteiger partial charge is 0.334 e. The molecular weight excluding hydrogens is 326 g/mol. The molecule has 0 spiro atoms. The summed E-state index contributed by atoms with van der Waals surface area (Å²) >= 11 is 0. The molecule has 0 unspecified atom stereocenters. The largest absolute Gasteiger partial charge is 0.494 e. The summed E-state index contributed by atoms with van der Waals surface area (Å²) in [5.41, 5.74) is 0.502. The van der Waals surface area contributed by atoms with E-state index in [4.69, 9.17) is 4.74 Å². The number of carbonyl (C=O) groups excluding carboxylic acids is 4. The predicted octanol–water partition coefficient (Wildman–Crippen LogP) is 1.61. The van der Waals surface area contributed by atoms with Crippen LogP contribution in [-0.2, 0) is 14.4 Å². The summed E-state index contributed by atoms with van der Waals surface area (Å²) < 4.78 is 5.30. The monoisotopic (exact) mass is 347 g/mol. The Labute approximate surface area is 145 Å². The zero-order valence-corrected chi connectivity index (χ0v) is 14.3. The van der Waals surface area contributed by atoms with Gasteiger partial charge in [-0.2, -0.15) is 0 Å². The van der Waals surface area contributed by atoms with E-state index in [0.717, 1.165) is 11.3 Å². The normalized spacial score (nSPS) is 14.2. The zero-order chi connectivity index (χ0) is 18.4. The third-order valence-electron chi connectivity index (χ3n) is 3.62. The van der Waals surface area contributed by atoms with Crippen molar-refractivity contribution in [3.05, 3.63) is 24.3 Å². The molecule has 5 amide bonds. The van der Waals surface area contributed by atoms with Gasteiger partial charge in [-0.1, -0.05) is 13.3 Å². The average Bonchev–Trinajstić information content (AvgIpc) is 2.79. The summed E-state index contributed by atoms with van der Waals surface area (Å²) in [4.78, 5) is 49.5. The predicted molar refractivity (Wildman–Crippen MR) is 90.0 cm³/mol. The van der Waals surface area contributed by atoms with Gasteiger partial charge in [-0.25, -0.2) is 9.69 Å². The number of nitrogens with zero attached hydrogens (tertiary/aromatic N) is 2. The van der Waals surface area contributed by atoms with Gasteiger partial charge in [0.15, 0.2) is 0 Å². The van der Waals surface area contributed by atoms with Crippen molar-refractivity contribution in [2.45, 2.75) is 26.7 Å². The second-order valence-corrected chi connectivity index (χ2v) is 5.49. The van der Waals surface area contributed by atoms with Crippen molar-refractivity contribution < 1.29 is 23.9 Å². The first-order valence-corrected chi connectivity index (χ1v) is 8.18. The molecule has 1 saturated heterocycles. The Morgan fingerprint density at radius 3 is 2.28 bits per heavy atom. The molecule has 1 aromatic rings. The Bertz CT molecular complexity index is 671. The lowest BCUT2D eigenvalue weighted by atomic mass is 10.3. The summed E-state index contributed by atoms with van der Waals surface area (Å²) in [7, 11) is 0. The number of anilines is 1. The second-order valence-electron chi connectivity index (χ2n) is 5.49. The van der Waals surface area contributed by atoms with Gasteiger partial charge in [0.1, 0.15) is 12.3 Å². The lowest BCUT2D eigenvalue weighted by Crippen LogP contribution is -2.39. The summed E-state index contributed by atoms with van der Waals surface area (Å²) in [6.45, 7) is 3.99. The molecule has 1 aliphatic heterocycles. The van der Waals surface area contributed by atoms with Crippen LogP contribution in [0.1, 0.15) is 26.7 Å². The summed E-state index contributed by atoms with van der Waals surface area (Å²) in [5, 5.41) is 2.58. The van der Waals surface area contributed by atoms with E-state index in [2.05, 4.69) is 5.32 Å². The molecule has 1 N–H and O–H groups in total. The molecule has 8 heteroatoms. The fourth-order valence-electron chi connectivity index (χ4n) is 2.35. The molecule has 0 radical (unpaired) electrons. The van der Waals surface area contributed by atoms with Crippen LogP contribution < -0.4 is 10.1 Å². The molecule has 8 nitrogen and oxygen atoms in total. The number of urea groups is 1. The van der Waals surface area contributed by atoms with Crippen LogP contribution in [0.3, 0.4) is 0 Å². The number of hydrogen-bond acceptors (Lipinski definition) is 5. The molecule has 0 bridgehead atoms. The van der Waals surface area contributed by atoms with E-state index in [1.807, 2.05) is 13.8 Å². The SMILES string of the molecule is CCCCN1C(=O)C(=O)N(CC(=O)Nc2ccc(OCC)cc2)C1=O. The Hall–Kier alpha value is -2.90. The van der Waals surface area contributed by atoms with E-state index in [0.29, 0.717) is 29.4 Å². The molecule has 1 fully saturated rings. The third-order valence-corrected chi connectivity index (χ3v) is 3.62. The van der Waals surface area contributed by atoms with Crippen LogP contribution in [0.5, 0.6) is 5.75 Å². The highest BCUT2D eigenvalue weighted by atomic mass is 16.5. The minimum Gasteiger partial charge on any atom is -0.494 e. The number of unbranched alkanes of at least 4 members (excludes halogenated alkanes) is 1. The van der Waals surface area contributed by atoms with Crippen LogP contribution in [0.25, 0.3) is 0 Å². The van der Waals surface area contributed by atoms with Crippen LogP contribution in [0.4, 0.5) is 10.5 Å². The van der Waals surface area contributed by atoms with Crippen molar-refractivity contribution in [1.82, 2.24) is 9.80 Å². The highest BCUT2D eigenvalue weighted by Gasteiger charge is 2.44. The number of nitrogens with one attached hydrogen (secondary N) is 1. The highest BCUT2D eigenvalue weighted by molar-refractivity contribution is 6.45. The molecular formula is C17H21N3O5. The van der Waals surface area contributed by atoms with Crippen molar-refractivity contribution in [1.29, 1.82) is 0 Å². The Morgan fingerprint density at radius 2 is 1.68 bits per heavy atom. The molecule has 0 saturated carbocycles. The number of imide groups is 2. The third kappa shape index (κ3) is 4.34. The number of hydrogen-bond donors (Lipinski definition) is 1. The maximum atomic E-state index is 12.2. The van der Waals surface area contributed by atoms with Gasteiger partial charge in [-0.05, 0) is 37.6 Å². The van der Waals surface area contributed by atoms with Gasteiger partial charge >= 0.3 is 17.8 Å². The van der Waals surface area contributed by atoms with Crippen molar-refractivity contribution >= 4 is 29.4 Å². The van der Waals surface area contributed by atoms with Crippen LogP contribution in [-0.4, -0.2) is 53.2 Å². The molecule has 134 valence electrons. The summed E-state index contributed by atoms with van der Waals surface area (Å²) in [6.07, 6.45) is 1.39. The van der Waals surface area contributed by atoms with Gasteiger partial charge in [-0.3, -0.25) is 19.3 Å². The number of amides is 5. The van der Waals surface area contributed by atoms with E-state index in [1.54, 1.807) is 24.3 Å². The minimum absolute atomic E-state index is 0.177. The van der Waals surface area contributed by atoms with Gasteiger partial charge in [-0.15, -0.1) is 0 Å². The molecule has 1 aromatic carbocycles. The summed E-state index contributed by atoms with van der Waals surface area (Å²) in [5.74, 6) is -1.74. The minimum atomic E-state index is -0.969. The Balaban J connectivity index is 1.96. The molecule has 0 atom stereocenters. The van der Waals surface area contributed by atoms with Crippen molar-refractivity contribution in [3.63, 3.8) is 0 Å². The van der Waals surface area contributed by atoms with Crippen LogP contribution in [0.15, 0.2) is 24.3 Å².